The molecule has 57 heavy (non-hydrogen) atoms. The molecule has 0 amide bonds. The SMILES string of the molecule is c1ccc(-c2nc(-c3ccccc3)nc(-c3cccc4c3oc3ccc(-c5cccc6sc7c(-n8c9ccccc9c9ccccc98)cccc7c56)cc34)n2)cc1. The van der Waals surface area contributed by atoms with Gasteiger partial charge in [0, 0.05) is 48.1 Å². The van der Waals surface area contributed by atoms with Gasteiger partial charge in [0.25, 0.3) is 0 Å². The van der Waals surface area contributed by atoms with Gasteiger partial charge < -0.3 is 8.98 Å². The number of para-hydroxylation sites is 3. The van der Waals surface area contributed by atoms with Gasteiger partial charge in [0.15, 0.2) is 17.5 Å². The summed E-state index contributed by atoms with van der Waals surface area (Å²) < 4.78 is 11.7. The minimum atomic E-state index is 0.571. The zero-order valence-corrected chi connectivity index (χ0v) is 31.2. The molecule has 0 saturated carbocycles. The first-order valence-electron chi connectivity index (χ1n) is 19.0. The van der Waals surface area contributed by atoms with Gasteiger partial charge in [-0.15, -0.1) is 11.3 Å². The van der Waals surface area contributed by atoms with Gasteiger partial charge in [0.1, 0.15) is 11.2 Å². The normalized spacial score (nSPS) is 11.9. The molecule has 0 saturated heterocycles. The van der Waals surface area contributed by atoms with Gasteiger partial charge in [-0.3, -0.25) is 0 Å². The fraction of sp³-hybridized carbons (Fsp3) is 0. The molecule has 0 radical (unpaired) electrons. The number of fused-ring (bicyclic) bond motifs is 9. The van der Waals surface area contributed by atoms with E-state index in [1.54, 1.807) is 0 Å². The van der Waals surface area contributed by atoms with E-state index in [9.17, 15) is 0 Å². The van der Waals surface area contributed by atoms with Crippen molar-refractivity contribution in [3.05, 3.63) is 182 Å². The molecule has 4 heterocycles. The summed E-state index contributed by atoms with van der Waals surface area (Å²) in [7, 11) is 0. The third kappa shape index (κ3) is 4.98. The lowest BCUT2D eigenvalue weighted by molar-refractivity contribution is 0.669. The average molecular weight is 747 g/mol. The molecule has 0 aliphatic heterocycles. The third-order valence-electron chi connectivity index (χ3n) is 11.1. The van der Waals surface area contributed by atoms with Crippen molar-refractivity contribution in [2.75, 3.05) is 0 Å². The maximum atomic E-state index is 6.69. The minimum Gasteiger partial charge on any atom is -0.455 e. The Morgan fingerprint density at radius 2 is 1.00 bits per heavy atom. The summed E-state index contributed by atoms with van der Waals surface area (Å²) in [6, 6.07) is 63.8. The Kier molecular flexibility index (Phi) is 7.03. The fourth-order valence-corrected chi connectivity index (χ4v) is 9.74. The van der Waals surface area contributed by atoms with Crippen molar-refractivity contribution in [1.82, 2.24) is 19.5 Å². The Morgan fingerprint density at radius 1 is 0.421 bits per heavy atom. The van der Waals surface area contributed by atoms with Crippen molar-refractivity contribution in [2.24, 2.45) is 0 Å². The van der Waals surface area contributed by atoms with E-state index in [1.165, 1.54) is 53.2 Å². The van der Waals surface area contributed by atoms with Gasteiger partial charge in [-0.25, -0.2) is 15.0 Å². The smallest absolute Gasteiger partial charge is 0.167 e. The lowest BCUT2D eigenvalue weighted by Gasteiger charge is -2.10. The second-order valence-electron chi connectivity index (χ2n) is 14.3. The van der Waals surface area contributed by atoms with Crippen molar-refractivity contribution in [3.63, 3.8) is 0 Å². The van der Waals surface area contributed by atoms with Crippen LogP contribution < -0.4 is 0 Å². The summed E-state index contributed by atoms with van der Waals surface area (Å²) in [5, 5.41) is 7.11. The van der Waals surface area contributed by atoms with Crippen LogP contribution in [0.5, 0.6) is 0 Å². The summed E-state index contributed by atoms with van der Waals surface area (Å²) in [6.07, 6.45) is 0. The lowest BCUT2D eigenvalue weighted by atomic mass is 9.97. The van der Waals surface area contributed by atoms with Crippen LogP contribution in [0.25, 0.3) is 115 Å². The van der Waals surface area contributed by atoms with Gasteiger partial charge in [-0.2, -0.15) is 0 Å². The largest absolute Gasteiger partial charge is 0.455 e. The summed E-state index contributed by atoms with van der Waals surface area (Å²) in [6.45, 7) is 0. The van der Waals surface area contributed by atoms with Crippen molar-refractivity contribution in [1.29, 1.82) is 0 Å². The first-order chi connectivity index (χ1) is 28.3. The maximum absolute atomic E-state index is 6.69. The summed E-state index contributed by atoms with van der Waals surface area (Å²) in [5.41, 5.74) is 10.2. The molecular weight excluding hydrogens is 717 g/mol. The van der Waals surface area contributed by atoms with Crippen molar-refractivity contribution in [3.8, 4) is 51.0 Å². The van der Waals surface area contributed by atoms with E-state index in [0.29, 0.717) is 17.5 Å². The first-order valence-corrected chi connectivity index (χ1v) is 19.8. The fourth-order valence-electron chi connectivity index (χ4n) is 8.50. The van der Waals surface area contributed by atoms with Crippen molar-refractivity contribution >= 4 is 75.3 Å². The zero-order chi connectivity index (χ0) is 37.5. The van der Waals surface area contributed by atoms with Crippen LogP contribution in [-0.4, -0.2) is 19.5 Å². The number of hydrogen-bond donors (Lipinski definition) is 0. The van der Waals surface area contributed by atoms with Gasteiger partial charge in [-0.1, -0.05) is 140 Å². The molecule has 0 spiro atoms. The van der Waals surface area contributed by atoms with E-state index in [2.05, 4.69) is 120 Å². The minimum absolute atomic E-state index is 0.571. The quantitative estimate of drug-likeness (QED) is 0.176. The number of rotatable bonds is 5. The highest BCUT2D eigenvalue weighted by atomic mass is 32.1. The van der Waals surface area contributed by atoms with Gasteiger partial charge in [0.2, 0.25) is 0 Å². The van der Waals surface area contributed by atoms with Crippen LogP contribution in [0.15, 0.2) is 186 Å². The van der Waals surface area contributed by atoms with E-state index in [-0.39, 0.29) is 0 Å². The molecule has 0 N–H and O–H groups in total. The number of aromatic nitrogens is 4. The van der Waals surface area contributed by atoms with Gasteiger partial charge in [-0.05, 0) is 53.6 Å². The molecule has 0 aliphatic carbocycles. The molecule has 5 nitrogen and oxygen atoms in total. The highest BCUT2D eigenvalue weighted by Gasteiger charge is 2.21. The van der Waals surface area contributed by atoms with Crippen LogP contribution in [0.2, 0.25) is 0 Å². The monoisotopic (exact) mass is 746 g/mol. The molecule has 0 unspecified atom stereocenters. The highest BCUT2D eigenvalue weighted by Crippen LogP contribution is 2.45. The molecule has 12 aromatic rings. The molecule has 6 heteroatoms. The predicted molar refractivity (Wildman–Crippen MR) is 236 cm³/mol. The predicted octanol–water partition coefficient (Wildman–Crippen LogP) is 13.9. The lowest BCUT2D eigenvalue weighted by Crippen LogP contribution is -2.00. The first kappa shape index (κ1) is 31.9. The van der Waals surface area contributed by atoms with Crippen LogP contribution in [0, 0.1) is 0 Å². The maximum Gasteiger partial charge on any atom is 0.167 e. The van der Waals surface area contributed by atoms with E-state index in [0.717, 1.165) is 44.2 Å². The van der Waals surface area contributed by atoms with Gasteiger partial charge in [0.05, 0.1) is 27.0 Å². The molecule has 0 atom stereocenters. The summed E-state index contributed by atoms with van der Waals surface area (Å²) in [4.78, 5) is 14.9. The van der Waals surface area contributed by atoms with Crippen LogP contribution in [-0.2, 0) is 0 Å². The average Bonchev–Trinajstić information content (AvgIpc) is 3.96. The Morgan fingerprint density at radius 3 is 1.72 bits per heavy atom. The molecule has 12 rings (SSSR count). The van der Waals surface area contributed by atoms with E-state index < -0.39 is 0 Å². The molecule has 0 aliphatic rings. The van der Waals surface area contributed by atoms with Crippen LogP contribution in [0.4, 0.5) is 0 Å². The number of hydrogen-bond acceptors (Lipinski definition) is 5. The summed E-state index contributed by atoms with van der Waals surface area (Å²) in [5.74, 6) is 1.81. The molecule has 4 aromatic heterocycles. The molecule has 8 aromatic carbocycles. The molecular formula is C51H30N4OS. The molecule has 0 fully saturated rings. The number of benzene rings is 8. The van der Waals surface area contributed by atoms with Crippen LogP contribution in [0.3, 0.4) is 0 Å². The number of furan rings is 1. The van der Waals surface area contributed by atoms with Gasteiger partial charge >= 0.3 is 0 Å². The zero-order valence-electron chi connectivity index (χ0n) is 30.4. The Balaban J connectivity index is 1.03. The van der Waals surface area contributed by atoms with Crippen LogP contribution in [0.1, 0.15) is 0 Å². The highest BCUT2D eigenvalue weighted by molar-refractivity contribution is 7.26. The van der Waals surface area contributed by atoms with Crippen LogP contribution >= 0.6 is 11.3 Å². The second kappa shape index (κ2) is 12.6. The summed E-state index contributed by atoms with van der Waals surface area (Å²) >= 11 is 1.86. The van der Waals surface area contributed by atoms with Crippen molar-refractivity contribution in [2.45, 2.75) is 0 Å². The standard InChI is InChI=1S/C51H30N4OS/c1-3-14-31(15-4-1)49-52-50(32-16-5-2-6-17-32)54-51(53-49)39-23-11-21-37-40-30-33(28-29-44(40)56-47(37)39)34-20-13-27-45-46(34)38-22-12-26-43(48(38)57-45)55-41-24-9-7-18-35(41)36-19-8-10-25-42(36)55/h1-30H. The number of thiophene rings is 1. The van der Waals surface area contributed by atoms with Crippen molar-refractivity contribution < 1.29 is 4.42 Å². The Bertz CT molecular complexity index is 3420. The molecule has 266 valence electrons. The van der Waals surface area contributed by atoms with E-state index >= 15 is 0 Å². The van der Waals surface area contributed by atoms with E-state index in [4.69, 9.17) is 19.4 Å². The topological polar surface area (TPSA) is 56.7 Å². The van der Waals surface area contributed by atoms with E-state index in [1.807, 2.05) is 78.1 Å². The molecule has 0 bridgehead atoms. The second-order valence-corrected chi connectivity index (χ2v) is 15.4. The third-order valence-corrected chi connectivity index (χ3v) is 12.3. The number of nitrogens with zero attached hydrogens (tertiary/aromatic N) is 4. The Hall–Kier alpha value is -7.41. The Labute approximate surface area is 330 Å².